The van der Waals surface area contributed by atoms with Gasteiger partial charge in [0.2, 0.25) is 5.91 Å². The average molecular weight is 349 g/mol. The first-order valence-corrected chi connectivity index (χ1v) is 8.55. The largest absolute Gasteiger partial charge is 0.467 e. The molecule has 1 aliphatic rings. The first kappa shape index (κ1) is 16.5. The molecule has 1 aliphatic heterocycles. The van der Waals surface area contributed by atoms with Crippen LogP contribution in [0.15, 0.2) is 34.4 Å². The Kier molecular flexibility index (Phi) is 5.44. The third-order valence-corrected chi connectivity index (χ3v) is 4.52. The second-order valence-corrected chi connectivity index (χ2v) is 6.26. The normalized spacial score (nSPS) is 15.2. The molecule has 0 spiro atoms. The van der Waals surface area contributed by atoms with Gasteiger partial charge in [-0.2, -0.15) is 0 Å². The topological polar surface area (TPSA) is 90.7 Å². The molecule has 9 heteroatoms. The minimum Gasteiger partial charge on any atom is -0.467 e. The second kappa shape index (κ2) is 7.93. The van der Waals surface area contributed by atoms with Crippen LogP contribution in [0.3, 0.4) is 0 Å². The fourth-order valence-corrected chi connectivity index (χ4v) is 3.16. The minimum absolute atomic E-state index is 0.208. The summed E-state index contributed by atoms with van der Waals surface area (Å²) in [6, 6.07) is 2.98. The molecule has 8 nitrogen and oxygen atoms in total. The van der Waals surface area contributed by atoms with Crippen LogP contribution >= 0.6 is 11.3 Å². The number of thiazole rings is 1. The number of furan rings is 1. The Bertz CT molecular complexity index is 651. The third kappa shape index (κ3) is 4.56. The predicted octanol–water partition coefficient (Wildman–Crippen LogP) is 0.884. The molecule has 1 saturated heterocycles. The highest BCUT2D eigenvalue weighted by molar-refractivity contribution is 7.13. The second-order valence-electron chi connectivity index (χ2n) is 5.39. The van der Waals surface area contributed by atoms with Gasteiger partial charge in [-0.25, -0.2) is 9.78 Å². The zero-order valence-corrected chi connectivity index (χ0v) is 13.9. The first-order chi connectivity index (χ1) is 11.7. The molecule has 0 atom stereocenters. The van der Waals surface area contributed by atoms with E-state index < -0.39 is 6.03 Å². The number of imide groups is 1. The van der Waals surface area contributed by atoms with E-state index in [-0.39, 0.29) is 19.0 Å². The molecule has 128 valence electrons. The quantitative estimate of drug-likeness (QED) is 0.833. The molecule has 1 fully saturated rings. The van der Waals surface area contributed by atoms with E-state index in [0.29, 0.717) is 5.76 Å². The van der Waals surface area contributed by atoms with E-state index in [2.05, 4.69) is 20.5 Å². The van der Waals surface area contributed by atoms with Crippen LogP contribution in [-0.4, -0.2) is 54.5 Å². The highest BCUT2D eigenvalue weighted by atomic mass is 32.1. The summed E-state index contributed by atoms with van der Waals surface area (Å²) in [5.74, 6) is 0.325. The maximum atomic E-state index is 11.9. The van der Waals surface area contributed by atoms with Crippen molar-refractivity contribution in [2.75, 3.05) is 37.6 Å². The lowest BCUT2D eigenvalue weighted by Gasteiger charge is -2.33. The molecule has 2 aromatic heterocycles. The van der Waals surface area contributed by atoms with E-state index in [1.54, 1.807) is 29.7 Å². The van der Waals surface area contributed by atoms with Crippen molar-refractivity contribution in [3.8, 4) is 0 Å². The van der Waals surface area contributed by atoms with Crippen molar-refractivity contribution in [1.82, 2.24) is 20.5 Å². The van der Waals surface area contributed by atoms with E-state index in [1.807, 2.05) is 10.3 Å². The zero-order chi connectivity index (χ0) is 16.8. The van der Waals surface area contributed by atoms with Crippen molar-refractivity contribution in [3.63, 3.8) is 0 Å². The van der Waals surface area contributed by atoms with Crippen LogP contribution in [-0.2, 0) is 11.3 Å². The summed E-state index contributed by atoms with van der Waals surface area (Å²) in [5, 5.41) is 7.88. The average Bonchev–Trinajstić information content (AvgIpc) is 3.27. The van der Waals surface area contributed by atoms with Crippen molar-refractivity contribution in [2.45, 2.75) is 6.54 Å². The Balaban J connectivity index is 1.35. The predicted molar refractivity (Wildman–Crippen MR) is 89.9 cm³/mol. The fraction of sp³-hybridized carbons (Fsp3) is 0.400. The molecule has 0 aromatic carbocycles. The standard InChI is InChI=1S/C15H19N5O3S/c21-13(18-14(22)17-10-12-2-1-8-23-12)11-19-4-6-20(7-5-19)15-16-3-9-24-15/h1-3,8-9H,4-7,10-11H2,(H2,17,18,21,22). The summed E-state index contributed by atoms with van der Waals surface area (Å²) in [6.45, 7) is 3.64. The van der Waals surface area contributed by atoms with Gasteiger partial charge in [0.25, 0.3) is 0 Å². The highest BCUT2D eigenvalue weighted by Crippen LogP contribution is 2.18. The number of nitrogens with zero attached hydrogens (tertiary/aromatic N) is 3. The number of piperazine rings is 1. The van der Waals surface area contributed by atoms with Crippen LogP contribution in [0, 0.1) is 0 Å². The van der Waals surface area contributed by atoms with E-state index >= 15 is 0 Å². The lowest BCUT2D eigenvalue weighted by atomic mass is 10.3. The Morgan fingerprint density at radius 2 is 2.12 bits per heavy atom. The van der Waals surface area contributed by atoms with Gasteiger partial charge in [0, 0.05) is 37.8 Å². The van der Waals surface area contributed by atoms with Gasteiger partial charge in [-0.15, -0.1) is 11.3 Å². The molecule has 3 heterocycles. The Labute approximate surface area is 143 Å². The van der Waals surface area contributed by atoms with Gasteiger partial charge in [0.15, 0.2) is 5.13 Å². The summed E-state index contributed by atoms with van der Waals surface area (Å²) < 4.78 is 5.11. The highest BCUT2D eigenvalue weighted by Gasteiger charge is 2.21. The molecule has 0 radical (unpaired) electrons. The Hall–Kier alpha value is -2.39. The van der Waals surface area contributed by atoms with E-state index in [4.69, 9.17) is 4.42 Å². The molecular formula is C15H19N5O3S. The molecule has 3 rings (SSSR count). The third-order valence-electron chi connectivity index (χ3n) is 3.69. The minimum atomic E-state index is -0.516. The van der Waals surface area contributed by atoms with Crippen molar-refractivity contribution in [1.29, 1.82) is 0 Å². The molecule has 0 unspecified atom stereocenters. The number of carbonyl (C=O) groups is 2. The molecule has 0 bridgehead atoms. The van der Waals surface area contributed by atoms with Crippen LogP contribution in [0.25, 0.3) is 0 Å². The van der Waals surface area contributed by atoms with Crippen LogP contribution in [0.4, 0.5) is 9.93 Å². The van der Waals surface area contributed by atoms with Crippen LogP contribution < -0.4 is 15.5 Å². The first-order valence-electron chi connectivity index (χ1n) is 7.67. The van der Waals surface area contributed by atoms with Crippen LogP contribution in [0.1, 0.15) is 5.76 Å². The number of amides is 3. The molecular weight excluding hydrogens is 330 g/mol. The summed E-state index contributed by atoms with van der Waals surface area (Å²) in [6.07, 6.45) is 3.33. The van der Waals surface area contributed by atoms with Crippen molar-refractivity contribution < 1.29 is 14.0 Å². The number of urea groups is 1. The van der Waals surface area contributed by atoms with E-state index in [1.165, 1.54) is 6.26 Å². The van der Waals surface area contributed by atoms with Gasteiger partial charge in [0.1, 0.15) is 5.76 Å². The number of anilines is 1. The maximum absolute atomic E-state index is 11.9. The number of hydrogen-bond donors (Lipinski definition) is 2. The molecule has 3 amide bonds. The summed E-state index contributed by atoms with van der Waals surface area (Å²) in [5.41, 5.74) is 0. The fourth-order valence-electron chi connectivity index (χ4n) is 2.46. The number of hydrogen-bond acceptors (Lipinski definition) is 7. The number of aromatic nitrogens is 1. The van der Waals surface area contributed by atoms with Gasteiger partial charge in [-0.3, -0.25) is 15.0 Å². The Morgan fingerprint density at radius 1 is 1.29 bits per heavy atom. The Morgan fingerprint density at radius 3 is 2.79 bits per heavy atom. The molecule has 0 saturated carbocycles. The van der Waals surface area contributed by atoms with Crippen LogP contribution in [0.2, 0.25) is 0 Å². The number of nitrogens with one attached hydrogen (secondary N) is 2. The van der Waals surface area contributed by atoms with Gasteiger partial charge in [0.05, 0.1) is 19.4 Å². The number of rotatable bonds is 5. The zero-order valence-electron chi connectivity index (χ0n) is 13.1. The molecule has 2 N–H and O–H groups in total. The summed E-state index contributed by atoms with van der Waals surface area (Å²) >= 11 is 1.61. The lowest BCUT2D eigenvalue weighted by molar-refractivity contribution is -0.121. The molecule has 24 heavy (non-hydrogen) atoms. The van der Waals surface area contributed by atoms with Gasteiger partial charge in [-0.05, 0) is 12.1 Å². The maximum Gasteiger partial charge on any atom is 0.321 e. The summed E-state index contributed by atoms with van der Waals surface area (Å²) in [4.78, 5) is 32.1. The van der Waals surface area contributed by atoms with Gasteiger partial charge in [-0.1, -0.05) is 0 Å². The van der Waals surface area contributed by atoms with Crippen molar-refractivity contribution in [3.05, 3.63) is 35.7 Å². The van der Waals surface area contributed by atoms with Gasteiger partial charge < -0.3 is 14.6 Å². The smallest absolute Gasteiger partial charge is 0.321 e. The SMILES string of the molecule is O=C(CN1CCN(c2nccs2)CC1)NC(=O)NCc1ccco1. The van der Waals surface area contributed by atoms with Crippen LogP contribution in [0.5, 0.6) is 0 Å². The number of carbonyl (C=O) groups excluding carboxylic acids is 2. The lowest BCUT2D eigenvalue weighted by Crippen LogP contribution is -2.51. The monoisotopic (exact) mass is 349 g/mol. The van der Waals surface area contributed by atoms with Crippen molar-refractivity contribution in [2.24, 2.45) is 0 Å². The van der Waals surface area contributed by atoms with E-state index in [9.17, 15) is 9.59 Å². The summed E-state index contributed by atoms with van der Waals surface area (Å²) in [7, 11) is 0. The van der Waals surface area contributed by atoms with Crippen molar-refractivity contribution >= 4 is 28.4 Å². The van der Waals surface area contributed by atoms with E-state index in [0.717, 1.165) is 31.3 Å². The van der Waals surface area contributed by atoms with Gasteiger partial charge >= 0.3 is 6.03 Å². The molecule has 0 aliphatic carbocycles. The molecule has 2 aromatic rings.